The number of rotatable bonds is 5. The summed E-state index contributed by atoms with van der Waals surface area (Å²) in [5.41, 5.74) is 1.45. The Morgan fingerprint density at radius 3 is 2.74 bits per heavy atom. The summed E-state index contributed by atoms with van der Waals surface area (Å²) in [6.07, 6.45) is 8.12. The first-order valence-corrected chi connectivity index (χ1v) is 7.94. The van der Waals surface area contributed by atoms with E-state index >= 15 is 0 Å². The molecule has 3 unspecified atom stereocenters. The second-order valence-corrected chi connectivity index (χ2v) is 6.09. The van der Waals surface area contributed by atoms with E-state index in [-0.39, 0.29) is 0 Å². The van der Waals surface area contributed by atoms with Crippen molar-refractivity contribution in [2.75, 3.05) is 13.1 Å². The average Bonchev–Trinajstić information content (AvgIpc) is 3.10. The van der Waals surface area contributed by atoms with Crippen LogP contribution in [0.3, 0.4) is 0 Å². The Hall–Kier alpha value is -0.860. The molecule has 3 rings (SSSR count). The molecule has 0 bridgehead atoms. The standard InChI is InChI=1S/C17H26N2/c1-2-6-14(7-3-1)11-13-19-16-9-4-8-15(16)17-10-5-12-18-17/h1-3,6-7,15-19H,4-5,8-13H2. The summed E-state index contributed by atoms with van der Waals surface area (Å²) in [6, 6.07) is 12.4. The highest BCUT2D eigenvalue weighted by Crippen LogP contribution is 2.31. The van der Waals surface area contributed by atoms with Crippen molar-refractivity contribution in [3.8, 4) is 0 Å². The van der Waals surface area contributed by atoms with Crippen molar-refractivity contribution < 1.29 is 0 Å². The first kappa shape index (κ1) is 13.1. The van der Waals surface area contributed by atoms with Crippen LogP contribution in [0.1, 0.15) is 37.7 Å². The quantitative estimate of drug-likeness (QED) is 0.848. The van der Waals surface area contributed by atoms with Crippen LogP contribution in [0.2, 0.25) is 0 Å². The topological polar surface area (TPSA) is 24.1 Å². The third-order valence-electron chi connectivity index (χ3n) is 4.85. The highest BCUT2D eigenvalue weighted by Gasteiger charge is 2.34. The van der Waals surface area contributed by atoms with Gasteiger partial charge in [-0.25, -0.2) is 0 Å². The van der Waals surface area contributed by atoms with Gasteiger partial charge in [0.1, 0.15) is 0 Å². The lowest BCUT2D eigenvalue weighted by atomic mass is 9.93. The number of hydrogen-bond acceptors (Lipinski definition) is 2. The summed E-state index contributed by atoms with van der Waals surface area (Å²) in [6.45, 7) is 2.36. The Bertz CT molecular complexity index is 370. The van der Waals surface area contributed by atoms with Crippen LogP contribution in [0.4, 0.5) is 0 Å². The molecule has 0 aromatic heterocycles. The molecule has 1 saturated heterocycles. The lowest BCUT2D eigenvalue weighted by Gasteiger charge is -2.26. The molecule has 1 saturated carbocycles. The van der Waals surface area contributed by atoms with Gasteiger partial charge in [-0.1, -0.05) is 36.8 Å². The molecular weight excluding hydrogens is 232 g/mol. The molecule has 104 valence electrons. The minimum Gasteiger partial charge on any atom is -0.314 e. The van der Waals surface area contributed by atoms with Crippen LogP contribution in [0.15, 0.2) is 30.3 Å². The van der Waals surface area contributed by atoms with E-state index in [0.717, 1.165) is 31.0 Å². The van der Waals surface area contributed by atoms with Crippen molar-refractivity contribution >= 4 is 0 Å². The smallest absolute Gasteiger partial charge is 0.0111 e. The number of hydrogen-bond donors (Lipinski definition) is 2. The molecule has 3 atom stereocenters. The Morgan fingerprint density at radius 1 is 1.05 bits per heavy atom. The molecule has 19 heavy (non-hydrogen) atoms. The van der Waals surface area contributed by atoms with Gasteiger partial charge in [-0.15, -0.1) is 0 Å². The average molecular weight is 258 g/mol. The second kappa shape index (κ2) is 6.53. The van der Waals surface area contributed by atoms with Crippen molar-refractivity contribution in [3.63, 3.8) is 0 Å². The van der Waals surface area contributed by atoms with Crippen molar-refractivity contribution in [1.82, 2.24) is 10.6 Å². The molecule has 1 aromatic rings. The van der Waals surface area contributed by atoms with Crippen molar-refractivity contribution in [2.45, 2.75) is 50.6 Å². The Labute approximate surface area is 117 Å². The van der Waals surface area contributed by atoms with Crippen LogP contribution in [0.25, 0.3) is 0 Å². The predicted octanol–water partition coefficient (Wildman–Crippen LogP) is 2.74. The minimum atomic E-state index is 0.749. The molecule has 2 aliphatic rings. The highest BCUT2D eigenvalue weighted by molar-refractivity contribution is 5.14. The number of nitrogens with one attached hydrogen (secondary N) is 2. The summed E-state index contributed by atoms with van der Waals surface area (Å²) in [5.74, 6) is 0.873. The molecular formula is C17H26N2. The summed E-state index contributed by atoms with van der Waals surface area (Å²) in [4.78, 5) is 0. The molecule has 1 aliphatic carbocycles. The molecule has 2 fully saturated rings. The fourth-order valence-electron chi connectivity index (χ4n) is 3.85. The largest absolute Gasteiger partial charge is 0.314 e. The van der Waals surface area contributed by atoms with E-state index in [4.69, 9.17) is 0 Å². The van der Waals surface area contributed by atoms with Crippen LogP contribution in [-0.2, 0) is 6.42 Å². The fourth-order valence-corrected chi connectivity index (χ4v) is 3.85. The maximum atomic E-state index is 3.82. The normalized spacial score (nSPS) is 30.8. The molecule has 0 radical (unpaired) electrons. The van der Waals surface area contributed by atoms with Crippen molar-refractivity contribution in [3.05, 3.63) is 35.9 Å². The molecule has 2 nitrogen and oxygen atoms in total. The Balaban J connectivity index is 1.46. The van der Waals surface area contributed by atoms with Crippen LogP contribution in [0.5, 0.6) is 0 Å². The summed E-state index contributed by atoms with van der Waals surface area (Å²) in [5, 5.41) is 7.51. The SMILES string of the molecule is c1ccc(CCNC2CCCC2C2CCCN2)cc1. The molecule has 2 N–H and O–H groups in total. The van der Waals surface area contributed by atoms with E-state index < -0.39 is 0 Å². The van der Waals surface area contributed by atoms with E-state index in [1.807, 2.05) is 0 Å². The van der Waals surface area contributed by atoms with Crippen LogP contribution < -0.4 is 10.6 Å². The van der Waals surface area contributed by atoms with Gasteiger partial charge >= 0.3 is 0 Å². The van der Waals surface area contributed by atoms with Crippen LogP contribution >= 0.6 is 0 Å². The van der Waals surface area contributed by atoms with Gasteiger partial charge in [0.05, 0.1) is 0 Å². The highest BCUT2D eigenvalue weighted by atomic mass is 15.0. The van der Waals surface area contributed by atoms with Gasteiger partial charge in [-0.05, 0) is 56.7 Å². The second-order valence-electron chi connectivity index (χ2n) is 6.09. The van der Waals surface area contributed by atoms with E-state index in [9.17, 15) is 0 Å². The molecule has 0 spiro atoms. The molecule has 1 aliphatic heterocycles. The van der Waals surface area contributed by atoms with Crippen molar-refractivity contribution in [2.24, 2.45) is 5.92 Å². The van der Waals surface area contributed by atoms with Crippen LogP contribution in [0, 0.1) is 5.92 Å². The van der Waals surface area contributed by atoms with Crippen LogP contribution in [-0.4, -0.2) is 25.2 Å². The van der Waals surface area contributed by atoms with Gasteiger partial charge in [-0.3, -0.25) is 0 Å². The van der Waals surface area contributed by atoms with Gasteiger partial charge in [0.2, 0.25) is 0 Å². The monoisotopic (exact) mass is 258 g/mol. The predicted molar refractivity (Wildman–Crippen MR) is 80.3 cm³/mol. The zero-order valence-electron chi connectivity index (χ0n) is 11.8. The molecule has 0 amide bonds. The Kier molecular flexibility index (Phi) is 4.52. The number of benzene rings is 1. The maximum Gasteiger partial charge on any atom is 0.0111 e. The van der Waals surface area contributed by atoms with Gasteiger partial charge in [0.25, 0.3) is 0 Å². The van der Waals surface area contributed by atoms with Gasteiger partial charge < -0.3 is 10.6 Å². The first-order valence-electron chi connectivity index (χ1n) is 7.94. The van der Waals surface area contributed by atoms with Gasteiger partial charge in [-0.2, -0.15) is 0 Å². The first-order chi connectivity index (χ1) is 9.43. The van der Waals surface area contributed by atoms with Crippen molar-refractivity contribution in [1.29, 1.82) is 0 Å². The Morgan fingerprint density at radius 2 is 1.95 bits per heavy atom. The summed E-state index contributed by atoms with van der Waals surface area (Å²) in [7, 11) is 0. The van der Waals surface area contributed by atoms with E-state index in [1.54, 1.807) is 0 Å². The van der Waals surface area contributed by atoms with Gasteiger partial charge in [0.15, 0.2) is 0 Å². The van der Waals surface area contributed by atoms with E-state index in [1.165, 1.54) is 44.2 Å². The maximum absolute atomic E-state index is 3.82. The summed E-state index contributed by atoms with van der Waals surface area (Å²) >= 11 is 0. The lowest BCUT2D eigenvalue weighted by Crippen LogP contribution is -2.42. The van der Waals surface area contributed by atoms with Gasteiger partial charge in [0, 0.05) is 12.1 Å². The fraction of sp³-hybridized carbons (Fsp3) is 0.647. The zero-order valence-corrected chi connectivity index (χ0v) is 11.8. The summed E-state index contributed by atoms with van der Waals surface area (Å²) < 4.78 is 0. The minimum absolute atomic E-state index is 0.749. The zero-order chi connectivity index (χ0) is 12.9. The lowest BCUT2D eigenvalue weighted by molar-refractivity contribution is 0.322. The molecule has 1 aromatic carbocycles. The van der Waals surface area contributed by atoms with E-state index in [2.05, 4.69) is 41.0 Å². The molecule has 1 heterocycles. The molecule has 2 heteroatoms. The third kappa shape index (κ3) is 3.37. The third-order valence-corrected chi connectivity index (χ3v) is 4.85. The van der Waals surface area contributed by atoms with E-state index in [0.29, 0.717) is 0 Å².